The molecule has 5 nitrogen and oxygen atoms in total. The molecule has 1 fully saturated rings. The molecule has 5 heteroatoms. The average Bonchev–Trinajstić information content (AvgIpc) is 2.79. The summed E-state index contributed by atoms with van der Waals surface area (Å²) in [5.74, 6) is 0.765. The number of benzene rings is 1. The molecule has 1 aromatic rings. The van der Waals surface area contributed by atoms with E-state index in [1.165, 1.54) is 0 Å². The SMILES string of the molecule is COc1cccc(CC(=O)NC2CC(=O)N(C(C)(C)C)C2)c1. The molecule has 1 aliphatic rings. The van der Waals surface area contributed by atoms with Crippen LogP contribution in [0.4, 0.5) is 0 Å². The third-order valence-electron chi connectivity index (χ3n) is 3.80. The minimum absolute atomic E-state index is 0.0678. The van der Waals surface area contributed by atoms with Crippen LogP contribution in [-0.2, 0) is 16.0 Å². The van der Waals surface area contributed by atoms with E-state index in [1.807, 2.05) is 49.9 Å². The van der Waals surface area contributed by atoms with E-state index in [0.29, 0.717) is 13.0 Å². The summed E-state index contributed by atoms with van der Waals surface area (Å²) in [5, 5.41) is 2.96. The lowest BCUT2D eigenvalue weighted by Crippen LogP contribution is -2.44. The molecule has 0 bridgehead atoms. The molecule has 1 aliphatic heterocycles. The second-order valence-corrected chi connectivity index (χ2v) is 6.67. The van der Waals surface area contributed by atoms with Crippen molar-refractivity contribution < 1.29 is 14.3 Å². The zero-order valence-corrected chi connectivity index (χ0v) is 13.7. The van der Waals surface area contributed by atoms with Gasteiger partial charge in [0.05, 0.1) is 19.6 Å². The minimum atomic E-state index is -0.205. The Morgan fingerprint density at radius 2 is 2.14 bits per heavy atom. The van der Waals surface area contributed by atoms with Crippen molar-refractivity contribution in [3.8, 4) is 5.75 Å². The van der Waals surface area contributed by atoms with Gasteiger partial charge in [-0.3, -0.25) is 9.59 Å². The topological polar surface area (TPSA) is 58.6 Å². The lowest BCUT2D eigenvalue weighted by molar-refractivity contribution is -0.131. The van der Waals surface area contributed by atoms with E-state index in [-0.39, 0.29) is 29.8 Å². The molecule has 0 aliphatic carbocycles. The summed E-state index contributed by atoms with van der Waals surface area (Å²) in [6.07, 6.45) is 0.665. The highest BCUT2D eigenvalue weighted by molar-refractivity contribution is 5.83. The molecule has 120 valence electrons. The van der Waals surface area contributed by atoms with Crippen LogP contribution in [0.3, 0.4) is 0 Å². The van der Waals surface area contributed by atoms with E-state index in [0.717, 1.165) is 11.3 Å². The van der Waals surface area contributed by atoms with Gasteiger partial charge in [0.15, 0.2) is 0 Å². The molecular weight excluding hydrogens is 280 g/mol. The number of hydrogen-bond acceptors (Lipinski definition) is 3. The van der Waals surface area contributed by atoms with E-state index in [4.69, 9.17) is 4.74 Å². The molecule has 1 heterocycles. The van der Waals surface area contributed by atoms with Gasteiger partial charge >= 0.3 is 0 Å². The molecule has 0 spiro atoms. The Hall–Kier alpha value is -2.04. The van der Waals surface area contributed by atoms with Crippen LogP contribution < -0.4 is 10.1 Å². The van der Waals surface area contributed by atoms with Crippen LogP contribution in [0.25, 0.3) is 0 Å². The van der Waals surface area contributed by atoms with Crippen molar-refractivity contribution in [2.24, 2.45) is 0 Å². The fourth-order valence-electron chi connectivity index (χ4n) is 2.70. The third kappa shape index (κ3) is 4.00. The van der Waals surface area contributed by atoms with Crippen molar-refractivity contribution in [1.29, 1.82) is 0 Å². The Bertz CT molecular complexity index is 563. The highest BCUT2D eigenvalue weighted by Gasteiger charge is 2.36. The van der Waals surface area contributed by atoms with Gasteiger partial charge in [-0.25, -0.2) is 0 Å². The van der Waals surface area contributed by atoms with Gasteiger partial charge in [0.25, 0.3) is 0 Å². The molecule has 2 amide bonds. The number of nitrogens with zero attached hydrogens (tertiary/aromatic N) is 1. The van der Waals surface area contributed by atoms with Gasteiger partial charge in [-0.15, -0.1) is 0 Å². The van der Waals surface area contributed by atoms with Gasteiger partial charge in [-0.1, -0.05) is 12.1 Å². The smallest absolute Gasteiger partial charge is 0.225 e. The molecule has 0 saturated carbocycles. The summed E-state index contributed by atoms with van der Waals surface area (Å²) in [6.45, 7) is 6.59. The van der Waals surface area contributed by atoms with E-state index in [2.05, 4.69) is 5.32 Å². The van der Waals surface area contributed by atoms with Crippen molar-refractivity contribution in [2.45, 2.75) is 45.2 Å². The van der Waals surface area contributed by atoms with Gasteiger partial charge in [-0.05, 0) is 38.5 Å². The second kappa shape index (κ2) is 6.38. The molecule has 1 N–H and O–H groups in total. The molecule has 2 rings (SSSR count). The molecule has 0 radical (unpaired) electrons. The lowest BCUT2D eigenvalue weighted by atomic mass is 10.1. The van der Waals surface area contributed by atoms with Gasteiger partial charge in [0.1, 0.15) is 5.75 Å². The summed E-state index contributed by atoms with van der Waals surface area (Å²) in [6, 6.07) is 7.34. The Kier molecular flexibility index (Phi) is 4.74. The van der Waals surface area contributed by atoms with Gasteiger partial charge in [0.2, 0.25) is 11.8 Å². The summed E-state index contributed by atoms with van der Waals surface area (Å²) in [5.41, 5.74) is 0.692. The van der Waals surface area contributed by atoms with Crippen molar-refractivity contribution in [3.63, 3.8) is 0 Å². The van der Waals surface area contributed by atoms with Crippen LogP contribution in [0.1, 0.15) is 32.8 Å². The van der Waals surface area contributed by atoms with Crippen molar-refractivity contribution >= 4 is 11.8 Å². The molecule has 0 aromatic heterocycles. The molecule has 22 heavy (non-hydrogen) atoms. The third-order valence-corrected chi connectivity index (χ3v) is 3.80. The van der Waals surface area contributed by atoms with Crippen molar-refractivity contribution in [1.82, 2.24) is 10.2 Å². The summed E-state index contributed by atoms with van der Waals surface area (Å²) < 4.78 is 5.15. The maximum Gasteiger partial charge on any atom is 0.225 e. The number of nitrogens with one attached hydrogen (secondary N) is 1. The van der Waals surface area contributed by atoms with Crippen LogP contribution in [0, 0.1) is 0 Å². The lowest BCUT2D eigenvalue weighted by Gasteiger charge is -2.32. The maximum absolute atomic E-state index is 12.1. The zero-order chi connectivity index (χ0) is 16.3. The van der Waals surface area contributed by atoms with Gasteiger partial charge in [-0.2, -0.15) is 0 Å². The molecule has 1 unspecified atom stereocenters. The van der Waals surface area contributed by atoms with Crippen LogP contribution in [0.15, 0.2) is 24.3 Å². The number of carbonyl (C=O) groups is 2. The first-order valence-electron chi connectivity index (χ1n) is 7.52. The number of hydrogen-bond donors (Lipinski definition) is 1. The van der Waals surface area contributed by atoms with Gasteiger partial charge < -0.3 is 15.0 Å². The van der Waals surface area contributed by atoms with Crippen LogP contribution in [-0.4, -0.2) is 41.9 Å². The number of rotatable bonds is 4. The largest absolute Gasteiger partial charge is 0.497 e. The van der Waals surface area contributed by atoms with Crippen LogP contribution in [0.2, 0.25) is 0 Å². The van der Waals surface area contributed by atoms with Crippen molar-refractivity contribution in [2.75, 3.05) is 13.7 Å². The summed E-state index contributed by atoms with van der Waals surface area (Å²) in [4.78, 5) is 26.0. The fourth-order valence-corrected chi connectivity index (χ4v) is 2.70. The highest BCUT2D eigenvalue weighted by Crippen LogP contribution is 2.22. The Balaban J connectivity index is 1.91. The van der Waals surface area contributed by atoms with Crippen LogP contribution >= 0.6 is 0 Å². The fraction of sp³-hybridized carbons (Fsp3) is 0.529. The minimum Gasteiger partial charge on any atom is -0.497 e. The molecule has 1 saturated heterocycles. The summed E-state index contributed by atoms with van der Waals surface area (Å²) in [7, 11) is 1.60. The van der Waals surface area contributed by atoms with E-state index < -0.39 is 0 Å². The number of carbonyl (C=O) groups excluding carboxylic acids is 2. The predicted molar refractivity (Wildman–Crippen MR) is 84.7 cm³/mol. The molecule has 1 atom stereocenters. The quantitative estimate of drug-likeness (QED) is 0.922. The zero-order valence-electron chi connectivity index (χ0n) is 13.7. The summed E-state index contributed by atoms with van der Waals surface area (Å²) >= 11 is 0. The maximum atomic E-state index is 12.1. The molecular formula is C17H24N2O3. The monoisotopic (exact) mass is 304 g/mol. The standard InChI is InChI=1S/C17H24N2O3/c1-17(2,3)19-11-13(10-16(19)21)18-15(20)9-12-6-5-7-14(8-12)22-4/h5-8,13H,9-11H2,1-4H3,(H,18,20). The normalized spacial score (nSPS) is 18.5. The Morgan fingerprint density at radius 1 is 1.41 bits per heavy atom. The van der Waals surface area contributed by atoms with Gasteiger partial charge in [0, 0.05) is 18.5 Å². The van der Waals surface area contributed by atoms with E-state index in [1.54, 1.807) is 7.11 Å². The first-order chi connectivity index (χ1) is 10.3. The Labute approximate surface area is 131 Å². The predicted octanol–water partition coefficient (Wildman–Crippen LogP) is 1.75. The first-order valence-corrected chi connectivity index (χ1v) is 7.52. The first kappa shape index (κ1) is 16.3. The number of methoxy groups -OCH3 is 1. The molecule has 1 aromatic carbocycles. The number of likely N-dealkylation sites (tertiary alicyclic amines) is 1. The number of amides is 2. The number of ether oxygens (including phenoxy) is 1. The Morgan fingerprint density at radius 3 is 2.73 bits per heavy atom. The van der Waals surface area contributed by atoms with E-state index >= 15 is 0 Å². The average molecular weight is 304 g/mol. The van der Waals surface area contributed by atoms with Crippen molar-refractivity contribution in [3.05, 3.63) is 29.8 Å². The highest BCUT2D eigenvalue weighted by atomic mass is 16.5. The van der Waals surface area contributed by atoms with Crippen LogP contribution in [0.5, 0.6) is 5.75 Å². The van der Waals surface area contributed by atoms with E-state index in [9.17, 15) is 9.59 Å². The second-order valence-electron chi connectivity index (χ2n) is 6.67.